The van der Waals surface area contributed by atoms with Crippen LogP contribution in [0.15, 0.2) is 36.4 Å². The lowest BCUT2D eigenvalue weighted by Crippen LogP contribution is -1.93. The van der Waals surface area contributed by atoms with Crippen molar-refractivity contribution < 1.29 is 4.74 Å². The van der Waals surface area contributed by atoms with Crippen molar-refractivity contribution in [1.29, 1.82) is 0 Å². The molecule has 0 aliphatic heterocycles. The van der Waals surface area contributed by atoms with E-state index in [2.05, 4.69) is 0 Å². The van der Waals surface area contributed by atoms with E-state index in [1.54, 1.807) is 36.4 Å². The number of benzene rings is 2. The molecule has 2 N–H and O–H groups in total. The molecule has 0 aliphatic carbocycles. The number of ether oxygens (including phenoxy) is 1. The molecular weight excluding hydrogens is 280 g/mol. The molecule has 0 aliphatic rings. The highest BCUT2D eigenvalue weighted by atomic mass is 35.5. The lowest BCUT2D eigenvalue weighted by Gasteiger charge is -2.11. The van der Waals surface area contributed by atoms with Gasteiger partial charge in [0.05, 0.1) is 15.7 Å². The van der Waals surface area contributed by atoms with Gasteiger partial charge in [-0.2, -0.15) is 0 Å². The Labute approximate surface area is 114 Å². The summed E-state index contributed by atoms with van der Waals surface area (Å²) in [4.78, 5) is 0. The van der Waals surface area contributed by atoms with Crippen LogP contribution in [0.1, 0.15) is 0 Å². The van der Waals surface area contributed by atoms with E-state index in [1.165, 1.54) is 0 Å². The number of rotatable bonds is 2. The number of hydrogen-bond donors (Lipinski definition) is 1. The SMILES string of the molecule is Nc1c(Cl)cccc1Oc1cccc(Cl)c1Cl. The topological polar surface area (TPSA) is 35.2 Å². The number of halogens is 3. The molecular formula is C12H8Cl3NO. The normalized spacial score (nSPS) is 10.3. The van der Waals surface area contributed by atoms with Gasteiger partial charge in [0.15, 0.2) is 5.75 Å². The summed E-state index contributed by atoms with van der Waals surface area (Å²) in [5, 5.41) is 1.19. The summed E-state index contributed by atoms with van der Waals surface area (Å²) in [5.41, 5.74) is 6.15. The third-order valence-electron chi connectivity index (χ3n) is 2.15. The van der Waals surface area contributed by atoms with Crippen LogP contribution in [0, 0.1) is 0 Å². The highest BCUT2D eigenvalue weighted by Gasteiger charge is 2.09. The molecule has 0 heterocycles. The van der Waals surface area contributed by atoms with Gasteiger partial charge in [0, 0.05) is 0 Å². The van der Waals surface area contributed by atoms with Crippen molar-refractivity contribution >= 4 is 40.5 Å². The van der Waals surface area contributed by atoms with Crippen LogP contribution >= 0.6 is 34.8 Å². The van der Waals surface area contributed by atoms with Gasteiger partial charge in [0.1, 0.15) is 10.8 Å². The first kappa shape index (κ1) is 12.4. The summed E-state index contributed by atoms with van der Waals surface area (Å²) >= 11 is 17.8. The van der Waals surface area contributed by atoms with Gasteiger partial charge < -0.3 is 10.5 Å². The zero-order chi connectivity index (χ0) is 12.4. The van der Waals surface area contributed by atoms with Crippen molar-refractivity contribution in [3.63, 3.8) is 0 Å². The second-order valence-corrected chi connectivity index (χ2v) is 4.50. The minimum absolute atomic E-state index is 0.341. The number of para-hydroxylation sites is 1. The van der Waals surface area contributed by atoms with Gasteiger partial charge in [-0.05, 0) is 24.3 Å². The number of nitrogens with two attached hydrogens (primary N) is 1. The maximum Gasteiger partial charge on any atom is 0.151 e. The number of nitrogen functional groups attached to an aromatic ring is 1. The first-order valence-corrected chi connectivity index (χ1v) is 5.89. The monoisotopic (exact) mass is 287 g/mol. The van der Waals surface area contributed by atoms with Gasteiger partial charge in [0.25, 0.3) is 0 Å². The van der Waals surface area contributed by atoms with E-state index < -0.39 is 0 Å². The summed E-state index contributed by atoms with van der Waals surface area (Å²) in [6.45, 7) is 0. The molecule has 0 spiro atoms. The van der Waals surface area contributed by atoms with Crippen LogP contribution in [0.4, 0.5) is 5.69 Å². The van der Waals surface area contributed by atoms with Gasteiger partial charge in [-0.25, -0.2) is 0 Å². The molecule has 0 radical (unpaired) electrons. The number of hydrogen-bond acceptors (Lipinski definition) is 2. The average molecular weight is 289 g/mol. The Hall–Kier alpha value is -1.09. The van der Waals surface area contributed by atoms with Crippen LogP contribution in [0.25, 0.3) is 0 Å². The van der Waals surface area contributed by atoms with E-state index in [-0.39, 0.29) is 0 Å². The predicted molar refractivity (Wildman–Crippen MR) is 72.4 cm³/mol. The molecule has 2 rings (SSSR count). The Bertz CT molecular complexity index is 508. The first-order chi connectivity index (χ1) is 8.09. The third-order valence-corrected chi connectivity index (χ3v) is 3.28. The Morgan fingerprint density at radius 3 is 2.12 bits per heavy atom. The van der Waals surface area contributed by atoms with E-state index in [0.717, 1.165) is 0 Å². The van der Waals surface area contributed by atoms with E-state index in [1.807, 2.05) is 0 Å². The highest BCUT2D eigenvalue weighted by molar-refractivity contribution is 6.42. The molecule has 2 aromatic rings. The van der Waals surface area contributed by atoms with E-state index >= 15 is 0 Å². The highest BCUT2D eigenvalue weighted by Crippen LogP contribution is 2.38. The molecule has 0 aromatic heterocycles. The van der Waals surface area contributed by atoms with Crippen molar-refractivity contribution in [1.82, 2.24) is 0 Å². The van der Waals surface area contributed by atoms with Crippen LogP contribution in [-0.2, 0) is 0 Å². The van der Waals surface area contributed by atoms with E-state index in [0.29, 0.717) is 32.3 Å². The minimum atomic E-state index is 0.341. The van der Waals surface area contributed by atoms with Crippen molar-refractivity contribution in [3.8, 4) is 11.5 Å². The summed E-state index contributed by atoms with van der Waals surface area (Å²) in [7, 11) is 0. The van der Waals surface area contributed by atoms with Crippen molar-refractivity contribution in [2.24, 2.45) is 0 Å². The van der Waals surface area contributed by atoms with E-state index in [9.17, 15) is 0 Å². The third kappa shape index (κ3) is 2.60. The molecule has 0 saturated heterocycles. The molecule has 0 saturated carbocycles. The zero-order valence-corrected chi connectivity index (χ0v) is 10.9. The Morgan fingerprint density at radius 2 is 1.41 bits per heavy atom. The molecule has 0 bridgehead atoms. The maximum absolute atomic E-state index is 6.00. The summed E-state index contributed by atoms with van der Waals surface area (Å²) in [6.07, 6.45) is 0. The van der Waals surface area contributed by atoms with Crippen LogP contribution < -0.4 is 10.5 Å². The zero-order valence-electron chi connectivity index (χ0n) is 8.58. The van der Waals surface area contributed by atoms with Crippen molar-refractivity contribution in [3.05, 3.63) is 51.5 Å². The van der Waals surface area contributed by atoms with Gasteiger partial charge >= 0.3 is 0 Å². The second-order valence-electron chi connectivity index (χ2n) is 3.31. The molecule has 0 atom stereocenters. The van der Waals surface area contributed by atoms with Crippen LogP contribution in [0.3, 0.4) is 0 Å². The van der Waals surface area contributed by atoms with Crippen molar-refractivity contribution in [2.45, 2.75) is 0 Å². The van der Waals surface area contributed by atoms with Crippen LogP contribution in [-0.4, -0.2) is 0 Å². The summed E-state index contributed by atoms with van der Waals surface area (Å²) in [6, 6.07) is 10.3. The summed E-state index contributed by atoms with van der Waals surface area (Å²) in [5.74, 6) is 0.884. The molecule has 2 aromatic carbocycles. The average Bonchev–Trinajstić information content (AvgIpc) is 2.31. The van der Waals surface area contributed by atoms with Gasteiger partial charge in [-0.3, -0.25) is 0 Å². The second kappa shape index (κ2) is 5.05. The molecule has 0 unspecified atom stereocenters. The quantitative estimate of drug-likeness (QED) is 0.787. The molecule has 0 fully saturated rings. The first-order valence-electron chi connectivity index (χ1n) is 4.75. The molecule has 0 amide bonds. The minimum Gasteiger partial charge on any atom is -0.454 e. The Balaban J connectivity index is 2.38. The lowest BCUT2D eigenvalue weighted by molar-refractivity contribution is 0.485. The van der Waals surface area contributed by atoms with Crippen molar-refractivity contribution in [2.75, 3.05) is 5.73 Å². The van der Waals surface area contributed by atoms with Gasteiger partial charge in [-0.15, -0.1) is 0 Å². The molecule has 2 nitrogen and oxygen atoms in total. The smallest absolute Gasteiger partial charge is 0.151 e. The fourth-order valence-electron chi connectivity index (χ4n) is 1.29. The summed E-state index contributed by atoms with van der Waals surface area (Å²) < 4.78 is 5.58. The van der Waals surface area contributed by atoms with Gasteiger partial charge in [0.2, 0.25) is 0 Å². The van der Waals surface area contributed by atoms with E-state index in [4.69, 9.17) is 45.3 Å². The van der Waals surface area contributed by atoms with Crippen LogP contribution in [0.2, 0.25) is 15.1 Å². The maximum atomic E-state index is 6.00. The Kier molecular flexibility index (Phi) is 3.67. The largest absolute Gasteiger partial charge is 0.454 e. The molecule has 88 valence electrons. The standard InChI is InChI=1S/C12H8Cl3NO/c13-7-3-1-5-9(11(7)15)17-10-6-2-4-8(14)12(10)16/h1-6H,16H2. The fraction of sp³-hybridized carbons (Fsp3) is 0. The molecule has 17 heavy (non-hydrogen) atoms. The fourth-order valence-corrected chi connectivity index (χ4v) is 1.78. The lowest BCUT2D eigenvalue weighted by atomic mass is 10.3. The van der Waals surface area contributed by atoms with Gasteiger partial charge in [-0.1, -0.05) is 46.9 Å². The van der Waals surface area contributed by atoms with Crippen LogP contribution in [0.5, 0.6) is 11.5 Å². The predicted octanol–water partition coefficient (Wildman–Crippen LogP) is 5.02. The molecule has 5 heteroatoms. The Morgan fingerprint density at radius 1 is 0.824 bits per heavy atom. The number of anilines is 1.